The van der Waals surface area contributed by atoms with Crippen LogP contribution in [0.3, 0.4) is 0 Å². The average molecular weight is 455 g/mol. The smallest absolute Gasteiger partial charge is 0.0165 e. The minimum absolute atomic E-state index is 0.343. The fraction of sp³-hybridized carbons (Fsp3) is 0.800. The molecule has 0 N–H and O–H groups in total. The highest BCUT2D eigenvalue weighted by Gasteiger charge is 2.13. The van der Waals surface area contributed by atoms with E-state index in [4.69, 9.17) is 0 Å². The van der Waals surface area contributed by atoms with E-state index >= 15 is 0 Å². The zero-order valence-electron chi connectivity index (χ0n) is 23.1. The minimum atomic E-state index is 0.343. The van der Waals surface area contributed by atoms with Gasteiger partial charge in [0, 0.05) is 5.25 Å². The number of hydrogen-bond acceptors (Lipinski definition) is 1. The van der Waals surface area contributed by atoms with Gasteiger partial charge in [-0.3, -0.25) is 0 Å². The van der Waals surface area contributed by atoms with Crippen molar-refractivity contribution in [2.75, 3.05) is 0 Å². The average Bonchev–Trinajstić information content (AvgIpc) is 3.31. The molecule has 0 aromatic carbocycles. The second-order valence-electron chi connectivity index (χ2n) is 8.58. The molecule has 188 valence electrons. The van der Waals surface area contributed by atoms with Crippen LogP contribution in [0, 0.1) is 11.8 Å². The fourth-order valence-corrected chi connectivity index (χ4v) is 2.74. The maximum Gasteiger partial charge on any atom is 0.0165 e. The molecular weight excluding hydrogens is 392 g/mol. The predicted octanol–water partition coefficient (Wildman–Crippen LogP) is 11.6. The Kier molecular flexibility index (Phi) is 45.1. The summed E-state index contributed by atoms with van der Waals surface area (Å²) < 4.78 is 0. The molecule has 0 aromatic rings. The lowest BCUT2D eigenvalue weighted by atomic mass is 9.99. The summed E-state index contributed by atoms with van der Waals surface area (Å²) in [6.45, 7) is 23.9. The number of allylic oxidation sites excluding steroid dienone is 3. The molecule has 1 aliphatic rings. The number of thiol groups is 1. The SMILES string of the molecule is C=CC(C)S.C=CC/C=C\C.CC.CCC(C)C.CCCCCCCCC1CCCC1. The van der Waals surface area contributed by atoms with Crippen LogP contribution in [0.25, 0.3) is 0 Å². The van der Waals surface area contributed by atoms with Crippen molar-refractivity contribution in [1.82, 2.24) is 0 Å². The van der Waals surface area contributed by atoms with E-state index in [-0.39, 0.29) is 0 Å². The summed E-state index contributed by atoms with van der Waals surface area (Å²) in [5, 5.41) is 0.343. The zero-order valence-corrected chi connectivity index (χ0v) is 24.0. The van der Waals surface area contributed by atoms with E-state index in [0.717, 1.165) is 18.3 Å². The van der Waals surface area contributed by atoms with Gasteiger partial charge in [-0.25, -0.2) is 0 Å². The summed E-state index contributed by atoms with van der Waals surface area (Å²) in [7, 11) is 0. The van der Waals surface area contributed by atoms with E-state index in [0.29, 0.717) is 5.25 Å². The Hall–Kier alpha value is -0.430. The highest BCUT2D eigenvalue weighted by atomic mass is 32.1. The lowest BCUT2D eigenvalue weighted by Crippen LogP contribution is -1.92. The van der Waals surface area contributed by atoms with Crippen LogP contribution in [-0.4, -0.2) is 5.25 Å². The van der Waals surface area contributed by atoms with Gasteiger partial charge in [-0.15, -0.1) is 13.2 Å². The van der Waals surface area contributed by atoms with Gasteiger partial charge in [0.05, 0.1) is 0 Å². The Morgan fingerprint density at radius 2 is 1.35 bits per heavy atom. The van der Waals surface area contributed by atoms with Gasteiger partial charge in [0.15, 0.2) is 0 Å². The molecule has 1 saturated carbocycles. The van der Waals surface area contributed by atoms with Crippen molar-refractivity contribution in [3.05, 3.63) is 37.5 Å². The molecule has 31 heavy (non-hydrogen) atoms. The molecule has 0 aromatic heterocycles. The maximum absolute atomic E-state index is 3.98. The van der Waals surface area contributed by atoms with E-state index in [1.807, 2.05) is 39.8 Å². The molecule has 0 bridgehead atoms. The highest BCUT2D eigenvalue weighted by molar-refractivity contribution is 7.81. The summed E-state index contributed by atoms with van der Waals surface area (Å²) >= 11 is 3.98. The van der Waals surface area contributed by atoms with Gasteiger partial charge in [0.2, 0.25) is 0 Å². The molecule has 0 aliphatic heterocycles. The predicted molar refractivity (Wildman–Crippen MR) is 155 cm³/mol. The van der Waals surface area contributed by atoms with Crippen LogP contribution < -0.4 is 0 Å². The molecular formula is C30H62S. The summed E-state index contributed by atoms with van der Waals surface area (Å²) in [6, 6.07) is 0. The Morgan fingerprint density at radius 3 is 1.68 bits per heavy atom. The molecule has 0 spiro atoms. The third kappa shape index (κ3) is 48.3. The number of rotatable bonds is 11. The molecule has 0 radical (unpaired) electrons. The van der Waals surface area contributed by atoms with E-state index in [9.17, 15) is 0 Å². The topological polar surface area (TPSA) is 0 Å². The van der Waals surface area contributed by atoms with Crippen molar-refractivity contribution < 1.29 is 0 Å². The second-order valence-corrected chi connectivity index (χ2v) is 9.39. The first-order valence-corrected chi connectivity index (χ1v) is 13.9. The molecule has 1 fully saturated rings. The highest BCUT2D eigenvalue weighted by Crippen LogP contribution is 2.29. The van der Waals surface area contributed by atoms with Crippen LogP contribution in [0.4, 0.5) is 0 Å². The first kappa shape index (κ1) is 37.9. The number of hydrogen-bond donors (Lipinski definition) is 1. The molecule has 0 saturated heterocycles. The van der Waals surface area contributed by atoms with Crippen LogP contribution in [0.15, 0.2) is 37.5 Å². The molecule has 0 nitrogen and oxygen atoms in total. The lowest BCUT2D eigenvalue weighted by Gasteiger charge is -2.07. The molecule has 1 unspecified atom stereocenters. The van der Waals surface area contributed by atoms with Gasteiger partial charge in [-0.2, -0.15) is 12.6 Å². The van der Waals surface area contributed by atoms with E-state index in [1.165, 1.54) is 77.0 Å². The molecule has 1 atom stereocenters. The van der Waals surface area contributed by atoms with Gasteiger partial charge in [-0.05, 0) is 25.2 Å². The van der Waals surface area contributed by atoms with Crippen molar-refractivity contribution in [3.8, 4) is 0 Å². The van der Waals surface area contributed by atoms with Crippen molar-refractivity contribution in [3.63, 3.8) is 0 Å². The van der Waals surface area contributed by atoms with Crippen LogP contribution in [0.5, 0.6) is 0 Å². The van der Waals surface area contributed by atoms with Gasteiger partial charge in [0.25, 0.3) is 0 Å². The first-order chi connectivity index (χ1) is 14.9. The Bertz CT molecular complexity index is 321. The quantitative estimate of drug-likeness (QED) is 0.179. The van der Waals surface area contributed by atoms with Crippen LogP contribution in [0.2, 0.25) is 0 Å². The monoisotopic (exact) mass is 454 g/mol. The molecule has 1 aliphatic carbocycles. The summed E-state index contributed by atoms with van der Waals surface area (Å²) in [5.74, 6) is 2.00. The lowest BCUT2D eigenvalue weighted by molar-refractivity contribution is 0.462. The number of unbranched alkanes of at least 4 members (excludes halogenated alkanes) is 5. The van der Waals surface area contributed by atoms with Gasteiger partial charge >= 0.3 is 0 Å². The zero-order chi connectivity index (χ0) is 24.8. The Labute approximate surface area is 205 Å². The standard InChI is InChI=1S/C13H26.C6H10.C5H12.C4H8S.C2H6/c1-2-3-4-5-6-7-10-13-11-8-9-12-13;1-3-5-6-4-2;1-4-5(2)3;1-3-4(2)5;1-2/h13H,2-12H2,1H3;3-4,6H,1,5H2,2H3;5H,4H2,1-3H3;3-5H,1H2,2H3;1-2H3/b;6-4-;;;. The van der Waals surface area contributed by atoms with E-state index in [2.05, 4.69) is 59.6 Å². The van der Waals surface area contributed by atoms with Crippen molar-refractivity contribution >= 4 is 12.6 Å². The summed E-state index contributed by atoms with van der Waals surface area (Å²) in [5.41, 5.74) is 0. The van der Waals surface area contributed by atoms with Crippen LogP contribution in [0.1, 0.15) is 139 Å². The minimum Gasteiger partial charge on any atom is -0.172 e. The molecule has 1 rings (SSSR count). The van der Waals surface area contributed by atoms with Gasteiger partial charge in [-0.1, -0.05) is 150 Å². The van der Waals surface area contributed by atoms with Crippen LogP contribution in [-0.2, 0) is 0 Å². The van der Waals surface area contributed by atoms with E-state index in [1.54, 1.807) is 6.08 Å². The van der Waals surface area contributed by atoms with Crippen molar-refractivity contribution in [2.24, 2.45) is 11.8 Å². The molecule has 1 heteroatoms. The first-order valence-electron chi connectivity index (χ1n) is 13.4. The Morgan fingerprint density at radius 1 is 0.903 bits per heavy atom. The van der Waals surface area contributed by atoms with Gasteiger partial charge < -0.3 is 0 Å². The van der Waals surface area contributed by atoms with Crippen molar-refractivity contribution in [1.29, 1.82) is 0 Å². The summed E-state index contributed by atoms with van der Waals surface area (Å²) in [6.07, 6.45) is 26.5. The third-order valence-corrected chi connectivity index (χ3v) is 5.35. The fourth-order valence-electron chi connectivity index (χ4n) is 2.74. The largest absolute Gasteiger partial charge is 0.172 e. The summed E-state index contributed by atoms with van der Waals surface area (Å²) in [4.78, 5) is 0. The molecule has 0 amide bonds. The van der Waals surface area contributed by atoms with E-state index < -0.39 is 0 Å². The molecule has 0 heterocycles. The Balaban J connectivity index is -0.000000171. The third-order valence-electron chi connectivity index (χ3n) is 5.14. The maximum atomic E-state index is 3.98. The normalized spacial score (nSPS) is 13.5. The van der Waals surface area contributed by atoms with Crippen LogP contribution >= 0.6 is 12.6 Å². The second kappa shape index (κ2) is 36.9. The van der Waals surface area contributed by atoms with Gasteiger partial charge in [0.1, 0.15) is 0 Å². The van der Waals surface area contributed by atoms with Crippen molar-refractivity contribution in [2.45, 2.75) is 144 Å².